The number of amides is 1. The average molecular weight is 523 g/mol. The lowest BCUT2D eigenvalue weighted by Gasteiger charge is -2.37. The molecule has 3 heterocycles. The molecule has 0 saturated carbocycles. The van der Waals surface area contributed by atoms with Crippen LogP contribution in [0.25, 0.3) is 11.0 Å². The molecular formula is C32H34N4O3. The van der Waals surface area contributed by atoms with E-state index in [0.29, 0.717) is 6.61 Å². The van der Waals surface area contributed by atoms with Crippen molar-refractivity contribution in [1.29, 1.82) is 0 Å². The molecule has 2 aliphatic heterocycles. The lowest BCUT2D eigenvalue weighted by atomic mass is 9.82. The number of hydrogen-bond acceptors (Lipinski definition) is 5. The molecule has 200 valence electrons. The maximum atomic E-state index is 13.6. The van der Waals surface area contributed by atoms with Gasteiger partial charge < -0.3 is 9.64 Å². The lowest BCUT2D eigenvalue weighted by Crippen LogP contribution is -2.41. The van der Waals surface area contributed by atoms with E-state index < -0.39 is 0 Å². The van der Waals surface area contributed by atoms with Gasteiger partial charge in [-0.1, -0.05) is 47.7 Å². The van der Waals surface area contributed by atoms with E-state index in [0.717, 1.165) is 59.1 Å². The van der Waals surface area contributed by atoms with Gasteiger partial charge in [0.2, 0.25) is 0 Å². The van der Waals surface area contributed by atoms with E-state index in [-0.39, 0.29) is 36.3 Å². The molecule has 4 aromatic rings. The Balaban J connectivity index is 1.41. The van der Waals surface area contributed by atoms with Crippen LogP contribution in [0.3, 0.4) is 0 Å². The molecule has 7 nitrogen and oxygen atoms in total. The molecule has 1 amide bonds. The van der Waals surface area contributed by atoms with Crippen LogP contribution in [0.15, 0.2) is 60.7 Å². The second kappa shape index (κ2) is 10.3. The van der Waals surface area contributed by atoms with E-state index in [1.165, 1.54) is 11.1 Å². The Hall–Kier alpha value is -4.00. The van der Waals surface area contributed by atoms with Crippen molar-refractivity contribution in [2.45, 2.75) is 71.0 Å². The quantitative estimate of drug-likeness (QED) is 0.289. The van der Waals surface area contributed by atoms with E-state index in [1.807, 2.05) is 48.9 Å². The SMILES string of the molecule is CCOC(=O)C[C@@H](c1ccc2c(c1)C1CCC(C2)N1C(=O)c1ccccc1)c1ccc2c(nnn2CC)c1C. The second-order valence-electron chi connectivity index (χ2n) is 10.6. The summed E-state index contributed by atoms with van der Waals surface area (Å²) >= 11 is 0. The summed E-state index contributed by atoms with van der Waals surface area (Å²) in [5.74, 6) is -0.316. The highest BCUT2D eigenvalue weighted by Crippen LogP contribution is 2.46. The Labute approximate surface area is 228 Å². The van der Waals surface area contributed by atoms with Crippen LogP contribution in [0.4, 0.5) is 0 Å². The molecule has 2 bridgehead atoms. The van der Waals surface area contributed by atoms with Gasteiger partial charge in [0.1, 0.15) is 5.52 Å². The van der Waals surface area contributed by atoms with Crippen molar-refractivity contribution >= 4 is 22.9 Å². The minimum Gasteiger partial charge on any atom is -0.466 e. The van der Waals surface area contributed by atoms with Gasteiger partial charge in [0.25, 0.3) is 5.91 Å². The summed E-state index contributed by atoms with van der Waals surface area (Å²) in [6.45, 7) is 7.03. The summed E-state index contributed by atoms with van der Waals surface area (Å²) < 4.78 is 7.29. The molecule has 2 aliphatic rings. The van der Waals surface area contributed by atoms with Gasteiger partial charge in [0, 0.05) is 24.1 Å². The van der Waals surface area contributed by atoms with E-state index in [2.05, 4.69) is 52.5 Å². The molecule has 2 unspecified atom stereocenters. The Kier molecular flexibility index (Phi) is 6.67. The maximum Gasteiger partial charge on any atom is 0.306 e. The predicted molar refractivity (Wildman–Crippen MR) is 150 cm³/mol. The van der Waals surface area contributed by atoms with Crippen molar-refractivity contribution in [3.63, 3.8) is 0 Å². The fourth-order valence-corrected chi connectivity index (χ4v) is 6.59. The summed E-state index contributed by atoms with van der Waals surface area (Å²) in [4.78, 5) is 28.5. The van der Waals surface area contributed by atoms with E-state index in [4.69, 9.17) is 4.74 Å². The minimum absolute atomic E-state index is 0.0441. The molecule has 0 N–H and O–H groups in total. The molecule has 6 rings (SSSR count). The van der Waals surface area contributed by atoms with E-state index in [9.17, 15) is 9.59 Å². The van der Waals surface area contributed by atoms with Gasteiger partial charge in [0.05, 0.1) is 24.6 Å². The number of ether oxygens (including phenoxy) is 1. The summed E-state index contributed by atoms with van der Waals surface area (Å²) in [7, 11) is 0. The van der Waals surface area contributed by atoms with Crippen molar-refractivity contribution in [2.24, 2.45) is 0 Å². The number of aromatic nitrogens is 3. The van der Waals surface area contributed by atoms with Crippen LogP contribution in [0, 0.1) is 6.92 Å². The van der Waals surface area contributed by atoms with Crippen molar-refractivity contribution in [2.75, 3.05) is 6.61 Å². The number of fused-ring (bicyclic) bond motifs is 5. The van der Waals surface area contributed by atoms with Crippen molar-refractivity contribution < 1.29 is 14.3 Å². The number of esters is 1. The molecule has 7 heteroatoms. The molecule has 1 saturated heterocycles. The highest BCUT2D eigenvalue weighted by atomic mass is 16.5. The molecule has 3 atom stereocenters. The normalized spacial score (nSPS) is 18.7. The third-order valence-electron chi connectivity index (χ3n) is 8.48. The standard InChI is InChI=1S/C32H34N4O3/c1-4-35-29-16-14-25(20(3)31(29)33-34-35)26(19-30(37)39-5-2)23-12-11-22-17-24-13-15-28(27(22)18-23)36(24)32(38)21-9-7-6-8-10-21/h6-12,14,16,18,24,26,28H,4-5,13,15,17,19H2,1-3H3/t24?,26-,28?/m0/s1. The molecule has 0 spiro atoms. The predicted octanol–water partition coefficient (Wildman–Crippen LogP) is 5.75. The largest absolute Gasteiger partial charge is 0.466 e. The van der Waals surface area contributed by atoms with Crippen molar-refractivity contribution in [3.8, 4) is 0 Å². The highest BCUT2D eigenvalue weighted by molar-refractivity contribution is 5.95. The molecule has 1 aromatic heterocycles. The van der Waals surface area contributed by atoms with Crippen molar-refractivity contribution in [1.82, 2.24) is 19.9 Å². The summed E-state index contributed by atoms with van der Waals surface area (Å²) in [6, 6.07) is 20.6. The van der Waals surface area contributed by atoms with Gasteiger partial charge in [-0.05, 0) is 86.1 Å². The number of carbonyl (C=O) groups is 2. The molecule has 3 aromatic carbocycles. The molecule has 39 heavy (non-hydrogen) atoms. The lowest BCUT2D eigenvalue weighted by molar-refractivity contribution is -0.143. The van der Waals surface area contributed by atoms with Crippen LogP contribution >= 0.6 is 0 Å². The van der Waals surface area contributed by atoms with Gasteiger partial charge in [-0.3, -0.25) is 9.59 Å². The molecule has 1 fully saturated rings. The molecular weight excluding hydrogens is 488 g/mol. The molecule has 0 aliphatic carbocycles. The summed E-state index contributed by atoms with van der Waals surface area (Å²) in [5.41, 5.74) is 8.23. The van der Waals surface area contributed by atoms with Crippen LogP contribution < -0.4 is 0 Å². The van der Waals surface area contributed by atoms with E-state index >= 15 is 0 Å². The zero-order valence-corrected chi connectivity index (χ0v) is 22.8. The third-order valence-corrected chi connectivity index (χ3v) is 8.48. The van der Waals surface area contributed by atoms with Crippen LogP contribution in [0.5, 0.6) is 0 Å². The van der Waals surface area contributed by atoms with Crippen LogP contribution in [0.1, 0.15) is 83.2 Å². The van der Waals surface area contributed by atoms with Crippen LogP contribution in [0.2, 0.25) is 0 Å². The zero-order valence-electron chi connectivity index (χ0n) is 22.8. The van der Waals surface area contributed by atoms with Gasteiger partial charge >= 0.3 is 5.97 Å². The zero-order chi connectivity index (χ0) is 27.1. The van der Waals surface area contributed by atoms with Gasteiger partial charge in [-0.25, -0.2) is 4.68 Å². The number of aryl methyl sites for hydroxylation is 2. The number of benzene rings is 3. The topological polar surface area (TPSA) is 77.3 Å². The second-order valence-corrected chi connectivity index (χ2v) is 10.6. The average Bonchev–Trinajstić information content (AvgIpc) is 3.52. The molecule has 0 radical (unpaired) electrons. The Bertz CT molecular complexity index is 1540. The van der Waals surface area contributed by atoms with Gasteiger partial charge in [-0.2, -0.15) is 0 Å². The summed E-state index contributed by atoms with van der Waals surface area (Å²) in [6.07, 6.45) is 3.05. The number of carbonyl (C=O) groups excluding carboxylic acids is 2. The highest BCUT2D eigenvalue weighted by Gasteiger charge is 2.43. The monoisotopic (exact) mass is 522 g/mol. The maximum absolute atomic E-state index is 13.6. The third kappa shape index (κ3) is 4.40. The van der Waals surface area contributed by atoms with E-state index in [1.54, 1.807) is 0 Å². The van der Waals surface area contributed by atoms with Crippen molar-refractivity contribution in [3.05, 3.63) is 94.0 Å². The first kappa shape index (κ1) is 25.3. The van der Waals surface area contributed by atoms with Crippen LogP contribution in [-0.4, -0.2) is 44.4 Å². The Morgan fingerprint density at radius 2 is 1.87 bits per heavy atom. The number of nitrogens with zero attached hydrogens (tertiary/aromatic N) is 4. The minimum atomic E-state index is -0.223. The summed E-state index contributed by atoms with van der Waals surface area (Å²) in [5, 5.41) is 8.76. The Morgan fingerprint density at radius 1 is 1.05 bits per heavy atom. The van der Waals surface area contributed by atoms with Crippen LogP contribution in [-0.2, 0) is 22.5 Å². The first-order valence-corrected chi connectivity index (χ1v) is 14.0. The fourth-order valence-electron chi connectivity index (χ4n) is 6.59. The Morgan fingerprint density at radius 3 is 2.64 bits per heavy atom. The number of hydrogen-bond donors (Lipinski definition) is 0. The fraction of sp³-hybridized carbons (Fsp3) is 0.375. The van der Waals surface area contributed by atoms with Gasteiger partial charge in [0.15, 0.2) is 0 Å². The smallest absolute Gasteiger partial charge is 0.306 e. The first-order valence-electron chi connectivity index (χ1n) is 14.0. The first-order chi connectivity index (χ1) is 19.0. The number of rotatable bonds is 7. The van der Waals surface area contributed by atoms with Gasteiger partial charge in [-0.15, -0.1) is 5.10 Å².